The molecule has 0 radical (unpaired) electrons. The second kappa shape index (κ2) is 23.8. The van der Waals surface area contributed by atoms with Crippen LogP contribution in [0.25, 0.3) is 32.3 Å². The molecule has 24 heteroatoms. The number of carbonyl (C=O) groups is 6. The first-order chi connectivity index (χ1) is 31.2. The molecule has 24 nitrogen and oxygen atoms in total. The zero-order valence-electron chi connectivity index (χ0n) is 35.5. The molecule has 0 aliphatic rings. The molecule has 360 valence electrons. The maximum absolute atomic E-state index is 11.5. The van der Waals surface area contributed by atoms with Crippen LogP contribution in [-0.2, 0) is 28.8 Å². The fourth-order valence-electron chi connectivity index (χ4n) is 6.21. The Bertz CT molecular complexity index is 1960. The third-order valence-electron chi connectivity index (χ3n) is 10.1. The monoisotopic (exact) mass is 930 g/mol. The summed E-state index contributed by atoms with van der Waals surface area (Å²) < 4.78 is 36.3. The van der Waals surface area contributed by atoms with Crippen molar-refractivity contribution in [2.24, 2.45) is 34.4 Å². The fourth-order valence-corrected chi connectivity index (χ4v) is 6.21. The highest BCUT2D eigenvalue weighted by molar-refractivity contribution is 6.27. The Balaban J connectivity index is 2.07. The number of rotatable bonds is 30. The fraction of sp³-hybridized carbons (Fsp3) is 0.429. The minimum Gasteiger partial charge on any atom is -0.490 e. The first kappa shape index (κ1) is 51.7. The first-order valence-corrected chi connectivity index (χ1v) is 20.4. The molecule has 0 aliphatic carbocycles. The number of benzene rings is 4. The zero-order valence-corrected chi connectivity index (χ0v) is 35.5. The Hall–Kier alpha value is -6.96. The smallest absolute Gasteiger partial charge is 0.320 e. The van der Waals surface area contributed by atoms with Gasteiger partial charge in [0, 0.05) is 38.5 Å². The van der Waals surface area contributed by atoms with Crippen molar-refractivity contribution >= 4 is 68.1 Å². The second-order valence-electron chi connectivity index (χ2n) is 15.0. The van der Waals surface area contributed by atoms with Crippen LogP contribution in [0.5, 0.6) is 34.5 Å². The average Bonchev–Trinajstić information content (AvgIpc) is 3.26. The van der Waals surface area contributed by atoms with Crippen LogP contribution >= 0.6 is 0 Å². The molecule has 66 heavy (non-hydrogen) atoms. The van der Waals surface area contributed by atoms with E-state index in [1.165, 1.54) is 0 Å². The van der Waals surface area contributed by atoms with Gasteiger partial charge in [-0.3, -0.25) is 28.8 Å². The third kappa shape index (κ3) is 14.0. The number of nitrogens with two attached hydrogens (primary N) is 6. The zero-order chi connectivity index (χ0) is 48.8. The summed E-state index contributed by atoms with van der Waals surface area (Å²) in [6, 6.07) is 1.68. The standard InChI is InChI=1S/C42H54N6O18/c43-25(37(49)50)1-7-61-31-13-19-20(14-32(31)62-8-2-26(44)38(51)52)22-16-34(64-10-4-28(46)40(55)56)36(66-12-6-30(48)42(59)60)18-24(22)23-17-35(65-11-5-29(47)41(57)58)33(15-21(19)23)63-9-3-27(45)39(53)54/h13-18,25-30H,1-12,43-48H2,(H,49,50)(H,51,52)(H,53,54)(H,55,56)(H,57,58)(H,59,60). The van der Waals surface area contributed by atoms with Gasteiger partial charge in [-0.05, 0) is 68.7 Å². The highest BCUT2D eigenvalue weighted by Gasteiger charge is 2.24. The van der Waals surface area contributed by atoms with Crippen LogP contribution in [0.15, 0.2) is 36.4 Å². The number of carboxylic acids is 6. The first-order valence-electron chi connectivity index (χ1n) is 20.4. The van der Waals surface area contributed by atoms with Crippen molar-refractivity contribution in [2.45, 2.75) is 74.8 Å². The van der Waals surface area contributed by atoms with Gasteiger partial charge in [-0.1, -0.05) is 0 Å². The SMILES string of the molecule is NC(CCOc1cc2c3cc(OCCC(N)C(=O)O)c(OCCC(N)C(=O)O)cc3c3cc(OCCC(N)C(=O)O)c(OCCC(N)C(=O)O)cc3c2cc1OCCC(N)C(=O)O)C(=O)O. The van der Waals surface area contributed by atoms with E-state index in [9.17, 15) is 59.4 Å². The summed E-state index contributed by atoms with van der Waals surface area (Å²) in [7, 11) is 0. The topological polar surface area (TPSA) is 435 Å². The van der Waals surface area contributed by atoms with Crippen molar-refractivity contribution in [3.8, 4) is 34.5 Å². The van der Waals surface area contributed by atoms with Crippen LogP contribution < -0.4 is 62.8 Å². The lowest BCUT2D eigenvalue weighted by molar-refractivity contribution is -0.139. The van der Waals surface area contributed by atoms with E-state index < -0.39 is 72.1 Å². The quantitative estimate of drug-likeness (QED) is 0.0311. The summed E-state index contributed by atoms with van der Waals surface area (Å²) >= 11 is 0. The predicted octanol–water partition coefficient (Wildman–Crippen LogP) is 0.231. The van der Waals surface area contributed by atoms with Gasteiger partial charge in [-0.25, -0.2) is 0 Å². The number of hydrogen-bond donors (Lipinski definition) is 12. The van der Waals surface area contributed by atoms with Crippen LogP contribution in [0.4, 0.5) is 0 Å². The van der Waals surface area contributed by atoms with Gasteiger partial charge in [0.05, 0.1) is 39.6 Å². The Morgan fingerprint density at radius 1 is 0.303 bits per heavy atom. The molecule has 4 aromatic rings. The van der Waals surface area contributed by atoms with E-state index in [0.29, 0.717) is 32.3 Å². The van der Waals surface area contributed by atoms with Gasteiger partial charge >= 0.3 is 35.8 Å². The van der Waals surface area contributed by atoms with Crippen LogP contribution in [0, 0.1) is 0 Å². The van der Waals surface area contributed by atoms with E-state index in [-0.39, 0.29) is 113 Å². The van der Waals surface area contributed by atoms with Gasteiger partial charge in [0.2, 0.25) is 0 Å². The molecule has 18 N–H and O–H groups in total. The van der Waals surface area contributed by atoms with Crippen molar-refractivity contribution in [2.75, 3.05) is 39.6 Å². The Labute approximate surface area is 375 Å². The average molecular weight is 931 g/mol. The summed E-state index contributed by atoms with van der Waals surface area (Å²) in [5, 5.41) is 58.9. The molecule has 0 aromatic heterocycles. The van der Waals surface area contributed by atoms with Crippen molar-refractivity contribution in [3.05, 3.63) is 36.4 Å². The lowest BCUT2D eigenvalue weighted by Gasteiger charge is -2.21. The lowest BCUT2D eigenvalue weighted by atomic mass is 9.93. The van der Waals surface area contributed by atoms with Gasteiger partial charge in [0.25, 0.3) is 0 Å². The van der Waals surface area contributed by atoms with Gasteiger partial charge in [0.15, 0.2) is 34.5 Å². The van der Waals surface area contributed by atoms with Gasteiger partial charge in [0.1, 0.15) is 36.3 Å². The number of hydrogen-bond acceptors (Lipinski definition) is 18. The molecule has 0 saturated carbocycles. The highest BCUT2D eigenvalue weighted by Crippen LogP contribution is 2.47. The van der Waals surface area contributed by atoms with E-state index in [1.807, 2.05) is 0 Å². The second-order valence-corrected chi connectivity index (χ2v) is 15.0. The molecule has 6 atom stereocenters. The molecule has 0 aliphatic heterocycles. The molecule has 0 saturated heterocycles. The van der Waals surface area contributed by atoms with Crippen LogP contribution in [0.2, 0.25) is 0 Å². The van der Waals surface area contributed by atoms with Gasteiger partial charge in [-0.2, -0.15) is 0 Å². The van der Waals surface area contributed by atoms with Crippen LogP contribution in [-0.4, -0.2) is 142 Å². The van der Waals surface area contributed by atoms with Gasteiger partial charge < -0.3 is 93.5 Å². The maximum atomic E-state index is 11.5. The molecule has 6 unspecified atom stereocenters. The summed E-state index contributed by atoms with van der Waals surface area (Å²) in [6.45, 7) is -1.29. The van der Waals surface area contributed by atoms with E-state index in [4.69, 9.17) is 62.8 Å². The van der Waals surface area contributed by atoms with Gasteiger partial charge in [-0.15, -0.1) is 0 Å². The molecule has 0 amide bonds. The number of aliphatic carboxylic acids is 6. The van der Waals surface area contributed by atoms with Crippen LogP contribution in [0.1, 0.15) is 38.5 Å². The van der Waals surface area contributed by atoms with E-state index in [0.717, 1.165) is 0 Å². The molecule has 0 bridgehead atoms. The summed E-state index contributed by atoms with van der Waals surface area (Å²) in [4.78, 5) is 69.0. The number of ether oxygens (including phenoxy) is 6. The molecule has 4 rings (SSSR count). The minimum atomic E-state index is -1.29. The normalized spacial score (nSPS) is 14.1. The number of carboxylic acid groups (broad SMARTS) is 6. The highest BCUT2D eigenvalue weighted by atomic mass is 16.5. The molecule has 4 aromatic carbocycles. The summed E-state index contributed by atoms with van der Waals surface area (Å²) in [5.74, 6) is -7.24. The van der Waals surface area contributed by atoms with E-state index in [1.54, 1.807) is 36.4 Å². The van der Waals surface area contributed by atoms with Crippen molar-refractivity contribution < 1.29 is 87.8 Å². The van der Waals surface area contributed by atoms with E-state index in [2.05, 4.69) is 0 Å². The Morgan fingerprint density at radius 2 is 0.424 bits per heavy atom. The largest absolute Gasteiger partial charge is 0.490 e. The molecular formula is C42H54N6O18. The number of fused-ring (bicyclic) bond motifs is 6. The predicted molar refractivity (Wildman–Crippen MR) is 233 cm³/mol. The van der Waals surface area contributed by atoms with Crippen molar-refractivity contribution in [1.82, 2.24) is 0 Å². The lowest BCUT2D eigenvalue weighted by Crippen LogP contribution is -2.32. The minimum absolute atomic E-state index is 0.0661. The molecule has 0 heterocycles. The summed E-state index contributed by atoms with van der Waals surface area (Å²) in [5.41, 5.74) is 34.4. The summed E-state index contributed by atoms with van der Waals surface area (Å²) in [6.07, 6.45) is -0.808. The van der Waals surface area contributed by atoms with E-state index >= 15 is 0 Å². The molecule has 0 fully saturated rings. The maximum Gasteiger partial charge on any atom is 0.320 e. The Morgan fingerprint density at radius 3 is 0.530 bits per heavy atom. The molecular weight excluding hydrogens is 876 g/mol. The Kier molecular flexibility index (Phi) is 18.6. The molecule has 0 spiro atoms. The third-order valence-corrected chi connectivity index (χ3v) is 10.1. The van der Waals surface area contributed by atoms with Crippen molar-refractivity contribution in [1.29, 1.82) is 0 Å². The van der Waals surface area contributed by atoms with Crippen molar-refractivity contribution in [3.63, 3.8) is 0 Å². The van der Waals surface area contributed by atoms with Crippen LogP contribution in [0.3, 0.4) is 0 Å².